The van der Waals surface area contributed by atoms with Crippen LogP contribution in [0.5, 0.6) is 11.5 Å². The molecule has 5 aromatic carbocycles. The third-order valence-electron chi connectivity index (χ3n) is 7.04. The monoisotopic (exact) mass is 556 g/mol. The molecule has 0 saturated carbocycles. The van der Waals surface area contributed by atoms with Crippen molar-refractivity contribution in [3.05, 3.63) is 131 Å². The number of carbonyl (C=O) groups is 2. The van der Waals surface area contributed by atoms with Crippen molar-refractivity contribution in [2.45, 2.75) is 0 Å². The highest BCUT2D eigenvalue weighted by Crippen LogP contribution is 2.38. The van der Waals surface area contributed by atoms with Crippen LogP contribution < -0.4 is 9.47 Å². The highest BCUT2D eigenvalue weighted by molar-refractivity contribution is 7.00. The van der Waals surface area contributed by atoms with E-state index in [1.165, 1.54) is 0 Å². The summed E-state index contributed by atoms with van der Waals surface area (Å²) in [5.41, 5.74) is 6.73. The van der Waals surface area contributed by atoms with Crippen LogP contribution in [-0.4, -0.2) is 34.5 Å². The number of carbonyl (C=O) groups excluding carboxylic acids is 2. The fourth-order valence-corrected chi connectivity index (χ4v) is 5.50. The molecule has 0 unspecified atom stereocenters. The van der Waals surface area contributed by atoms with Crippen molar-refractivity contribution < 1.29 is 19.1 Å². The minimum absolute atomic E-state index is 0.0981. The molecular formula is C34H24N2O4S. The summed E-state index contributed by atoms with van der Waals surface area (Å²) in [5.74, 6) is 1.18. The molecule has 0 aliphatic rings. The first-order valence-corrected chi connectivity index (χ1v) is 13.6. The summed E-state index contributed by atoms with van der Waals surface area (Å²) >= 11 is 1.10. The van der Waals surface area contributed by atoms with Crippen molar-refractivity contribution >= 4 is 34.3 Å². The lowest BCUT2D eigenvalue weighted by Crippen LogP contribution is -2.04. The number of benzene rings is 5. The van der Waals surface area contributed by atoms with E-state index in [0.29, 0.717) is 44.8 Å². The molecule has 1 heterocycles. The van der Waals surface area contributed by atoms with Gasteiger partial charge in [-0.15, -0.1) is 0 Å². The Morgan fingerprint density at radius 3 is 1.29 bits per heavy atom. The zero-order chi connectivity index (χ0) is 28.3. The molecule has 0 amide bonds. The molecule has 6 rings (SSSR count). The van der Waals surface area contributed by atoms with Crippen LogP contribution in [0.3, 0.4) is 0 Å². The summed E-state index contributed by atoms with van der Waals surface area (Å²) in [6.45, 7) is 0. The molecule has 0 spiro atoms. The van der Waals surface area contributed by atoms with Crippen molar-refractivity contribution in [3.63, 3.8) is 0 Å². The lowest BCUT2D eigenvalue weighted by Gasteiger charge is -2.13. The quantitative estimate of drug-likeness (QED) is 0.181. The normalized spacial score (nSPS) is 10.9. The summed E-state index contributed by atoms with van der Waals surface area (Å²) in [7, 11) is 3.19. The number of rotatable bonds is 8. The fourth-order valence-electron chi connectivity index (χ4n) is 4.93. The summed E-state index contributed by atoms with van der Waals surface area (Å²) in [6.07, 6.45) is 0. The van der Waals surface area contributed by atoms with E-state index in [0.717, 1.165) is 34.0 Å². The van der Waals surface area contributed by atoms with Crippen LogP contribution in [0.2, 0.25) is 0 Å². The minimum Gasteiger partial charge on any atom is -0.497 e. The highest BCUT2D eigenvalue weighted by atomic mass is 32.1. The van der Waals surface area contributed by atoms with Gasteiger partial charge in [0.05, 0.1) is 25.9 Å². The van der Waals surface area contributed by atoms with Crippen molar-refractivity contribution in [1.29, 1.82) is 0 Å². The lowest BCUT2D eigenvalue weighted by atomic mass is 9.89. The van der Waals surface area contributed by atoms with E-state index in [-0.39, 0.29) is 11.6 Å². The number of ether oxygens (including phenoxy) is 2. The topological polar surface area (TPSA) is 78.4 Å². The Morgan fingerprint density at radius 1 is 0.512 bits per heavy atom. The van der Waals surface area contributed by atoms with E-state index >= 15 is 0 Å². The SMILES string of the molecule is COc1ccc(C(=O)c2ccccc2-c2ccc(-c3ccccc3C(=O)c3ccc(OC)cc3)c3nsnc23)cc1. The van der Waals surface area contributed by atoms with Crippen LogP contribution >= 0.6 is 11.7 Å². The summed E-state index contributed by atoms with van der Waals surface area (Å²) in [6, 6.07) is 33.1. The van der Waals surface area contributed by atoms with Gasteiger partial charge < -0.3 is 9.47 Å². The molecule has 41 heavy (non-hydrogen) atoms. The number of ketones is 2. The number of hydrogen-bond acceptors (Lipinski definition) is 7. The maximum Gasteiger partial charge on any atom is 0.193 e. The second-order valence-electron chi connectivity index (χ2n) is 9.33. The third-order valence-corrected chi connectivity index (χ3v) is 7.57. The lowest BCUT2D eigenvalue weighted by molar-refractivity contribution is 0.103. The average Bonchev–Trinajstić information content (AvgIpc) is 3.54. The van der Waals surface area contributed by atoms with E-state index in [4.69, 9.17) is 9.47 Å². The van der Waals surface area contributed by atoms with Crippen LogP contribution in [0.15, 0.2) is 109 Å². The Kier molecular flexibility index (Phi) is 7.10. The van der Waals surface area contributed by atoms with Crippen LogP contribution in [0, 0.1) is 0 Å². The summed E-state index contributed by atoms with van der Waals surface area (Å²) in [5, 5.41) is 0. The first-order valence-electron chi connectivity index (χ1n) is 12.9. The summed E-state index contributed by atoms with van der Waals surface area (Å²) in [4.78, 5) is 27.2. The van der Waals surface area contributed by atoms with Crippen molar-refractivity contribution in [1.82, 2.24) is 8.75 Å². The van der Waals surface area contributed by atoms with E-state index < -0.39 is 0 Å². The molecule has 0 atom stereocenters. The molecule has 0 aliphatic carbocycles. The smallest absolute Gasteiger partial charge is 0.193 e. The standard InChI is InChI=1S/C34H24N2O4S/c1-39-23-15-11-21(12-16-23)33(37)29-9-5-3-7-25(29)27-19-20-28(32-31(27)35-41-36-32)26-8-4-6-10-30(26)34(38)22-13-17-24(40-2)18-14-22/h3-20H,1-2H3. The van der Waals surface area contributed by atoms with Gasteiger partial charge in [-0.3, -0.25) is 9.59 Å². The molecule has 6 aromatic rings. The number of methoxy groups -OCH3 is 2. The molecule has 1 aromatic heterocycles. The second kappa shape index (κ2) is 11.2. The van der Waals surface area contributed by atoms with Crippen molar-refractivity contribution in [3.8, 4) is 33.8 Å². The first kappa shape index (κ1) is 26.1. The molecule has 6 nitrogen and oxygen atoms in total. The Balaban J connectivity index is 1.44. The van der Waals surface area contributed by atoms with Crippen LogP contribution in [0.25, 0.3) is 33.3 Å². The van der Waals surface area contributed by atoms with Crippen molar-refractivity contribution in [2.24, 2.45) is 0 Å². The molecule has 0 fully saturated rings. The number of nitrogens with zero attached hydrogens (tertiary/aromatic N) is 2. The zero-order valence-corrected chi connectivity index (χ0v) is 23.1. The maximum absolute atomic E-state index is 13.6. The van der Waals surface area contributed by atoms with Crippen LogP contribution in [-0.2, 0) is 0 Å². The molecular weight excluding hydrogens is 532 g/mol. The van der Waals surface area contributed by atoms with Gasteiger partial charge in [0.25, 0.3) is 0 Å². The van der Waals surface area contributed by atoms with E-state index in [2.05, 4.69) is 8.75 Å². The molecule has 0 radical (unpaired) electrons. The van der Waals surface area contributed by atoms with Gasteiger partial charge in [0.15, 0.2) is 11.6 Å². The zero-order valence-electron chi connectivity index (χ0n) is 22.3. The molecule has 0 saturated heterocycles. The van der Waals surface area contributed by atoms with Gasteiger partial charge >= 0.3 is 0 Å². The molecule has 200 valence electrons. The molecule has 0 bridgehead atoms. The fraction of sp³-hybridized carbons (Fsp3) is 0.0588. The van der Waals surface area contributed by atoms with E-state index in [9.17, 15) is 9.59 Å². The van der Waals surface area contributed by atoms with Crippen LogP contribution in [0.1, 0.15) is 31.8 Å². The minimum atomic E-state index is -0.0981. The van der Waals surface area contributed by atoms with Crippen molar-refractivity contribution in [2.75, 3.05) is 14.2 Å². The Labute approximate surface area is 241 Å². The second-order valence-corrected chi connectivity index (χ2v) is 9.86. The Morgan fingerprint density at radius 2 is 0.902 bits per heavy atom. The number of fused-ring (bicyclic) bond motifs is 1. The van der Waals surface area contributed by atoms with Gasteiger partial charge in [0.1, 0.15) is 22.5 Å². The predicted molar refractivity (Wildman–Crippen MR) is 161 cm³/mol. The van der Waals surface area contributed by atoms with E-state index in [1.807, 2.05) is 60.7 Å². The van der Waals surface area contributed by atoms with Gasteiger partial charge in [-0.1, -0.05) is 60.7 Å². The first-order chi connectivity index (χ1) is 20.1. The molecule has 7 heteroatoms. The van der Waals surface area contributed by atoms with Gasteiger partial charge in [-0.2, -0.15) is 8.75 Å². The predicted octanol–water partition coefficient (Wildman–Crippen LogP) is 7.50. The summed E-state index contributed by atoms with van der Waals surface area (Å²) < 4.78 is 19.7. The molecule has 0 aliphatic heterocycles. The Bertz CT molecular complexity index is 1760. The van der Waals surface area contributed by atoms with E-state index in [1.54, 1.807) is 62.8 Å². The van der Waals surface area contributed by atoms with Gasteiger partial charge in [0, 0.05) is 33.4 Å². The number of hydrogen-bond donors (Lipinski definition) is 0. The highest BCUT2D eigenvalue weighted by Gasteiger charge is 2.22. The van der Waals surface area contributed by atoms with Gasteiger partial charge in [-0.05, 0) is 59.7 Å². The number of aromatic nitrogens is 2. The van der Waals surface area contributed by atoms with Gasteiger partial charge in [0.2, 0.25) is 0 Å². The largest absolute Gasteiger partial charge is 0.497 e. The maximum atomic E-state index is 13.6. The van der Waals surface area contributed by atoms with Crippen LogP contribution in [0.4, 0.5) is 0 Å². The van der Waals surface area contributed by atoms with Gasteiger partial charge in [-0.25, -0.2) is 0 Å². The third kappa shape index (κ3) is 4.88. The molecule has 0 N–H and O–H groups in total. The average molecular weight is 557 g/mol. The Hall–Kier alpha value is -5.14.